The molecule has 0 fully saturated rings. The summed E-state index contributed by atoms with van der Waals surface area (Å²) in [7, 11) is 1.92. The third-order valence-corrected chi connectivity index (χ3v) is 1.86. The molecule has 1 N–H and O–H groups in total. The maximum absolute atomic E-state index is 5.49. The Morgan fingerprint density at radius 2 is 1.93 bits per heavy atom. The summed E-state index contributed by atoms with van der Waals surface area (Å²) in [4.78, 5) is 0. The van der Waals surface area contributed by atoms with Gasteiger partial charge in [0.25, 0.3) is 0 Å². The predicted octanol–water partition coefficient (Wildman–Crippen LogP) is 2.15. The van der Waals surface area contributed by atoms with Crippen LogP contribution in [-0.4, -0.2) is 20.2 Å². The summed E-state index contributed by atoms with van der Waals surface area (Å²) in [5, 5.41) is 3.03. The monoisotopic (exact) mass is 191 g/mol. The summed E-state index contributed by atoms with van der Waals surface area (Å²) >= 11 is 0. The van der Waals surface area contributed by atoms with Gasteiger partial charge < -0.3 is 10.1 Å². The number of hydrogen-bond donors (Lipinski definition) is 1. The molecule has 2 nitrogen and oxygen atoms in total. The Hall–Kier alpha value is -1.28. The van der Waals surface area contributed by atoms with Gasteiger partial charge in [0, 0.05) is 6.54 Å². The maximum atomic E-state index is 5.49. The van der Waals surface area contributed by atoms with Gasteiger partial charge in [-0.1, -0.05) is 29.8 Å². The fourth-order valence-corrected chi connectivity index (χ4v) is 1.05. The lowest BCUT2D eigenvalue weighted by Crippen LogP contribution is -2.04. The van der Waals surface area contributed by atoms with Crippen LogP contribution in [0.2, 0.25) is 0 Å². The number of aryl methyl sites for hydroxylation is 1. The maximum Gasteiger partial charge on any atom is 0.119 e. The Morgan fingerprint density at radius 3 is 2.57 bits per heavy atom. The molecule has 0 saturated heterocycles. The van der Waals surface area contributed by atoms with Gasteiger partial charge in [0.15, 0.2) is 0 Å². The Bertz CT molecular complexity index is 277. The topological polar surface area (TPSA) is 21.3 Å². The molecule has 0 saturated carbocycles. The van der Waals surface area contributed by atoms with Crippen molar-refractivity contribution in [2.45, 2.75) is 6.92 Å². The molecule has 0 spiro atoms. The van der Waals surface area contributed by atoms with E-state index >= 15 is 0 Å². The van der Waals surface area contributed by atoms with Crippen molar-refractivity contribution in [3.8, 4) is 5.75 Å². The lowest BCUT2D eigenvalue weighted by molar-refractivity contribution is 0.362. The van der Waals surface area contributed by atoms with E-state index in [1.807, 2.05) is 43.5 Å². The molecule has 0 aliphatic rings. The lowest BCUT2D eigenvalue weighted by atomic mass is 10.2. The molecule has 1 aromatic rings. The average molecular weight is 191 g/mol. The zero-order chi connectivity index (χ0) is 10.2. The number of nitrogens with one attached hydrogen (secondary N) is 1. The number of rotatable bonds is 5. The molecule has 0 aliphatic heterocycles. The SMILES string of the molecule is CNC/C=C/COc1ccc(C)cc1. The van der Waals surface area contributed by atoms with Crippen molar-refractivity contribution in [3.05, 3.63) is 42.0 Å². The van der Waals surface area contributed by atoms with Crippen LogP contribution < -0.4 is 10.1 Å². The van der Waals surface area contributed by atoms with Gasteiger partial charge >= 0.3 is 0 Å². The molecule has 2 heteroatoms. The molecule has 0 amide bonds. The first-order chi connectivity index (χ1) is 6.83. The quantitative estimate of drug-likeness (QED) is 0.720. The zero-order valence-corrected chi connectivity index (χ0v) is 8.79. The van der Waals surface area contributed by atoms with Crippen LogP contribution in [0.5, 0.6) is 5.75 Å². The number of benzene rings is 1. The van der Waals surface area contributed by atoms with E-state index in [4.69, 9.17) is 4.74 Å². The Labute approximate surface area is 85.6 Å². The molecule has 14 heavy (non-hydrogen) atoms. The van der Waals surface area contributed by atoms with Gasteiger partial charge in [0.05, 0.1) is 0 Å². The first-order valence-electron chi connectivity index (χ1n) is 4.82. The minimum absolute atomic E-state index is 0.630. The highest BCUT2D eigenvalue weighted by molar-refractivity contribution is 5.26. The van der Waals surface area contributed by atoms with E-state index in [0.717, 1.165) is 12.3 Å². The molecule has 1 rings (SSSR count). The van der Waals surface area contributed by atoms with Gasteiger partial charge in [-0.3, -0.25) is 0 Å². The summed E-state index contributed by atoms with van der Waals surface area (Å²) in [5.41, 5.74) is 1.25. The van der Waals surface area contributed by atoms with Crippen LogP contribution in [0.3, 0.4) is 0 Å². The Kier molecular flexibility index (Phi) is 4.79. The summed E-state index contributed by atoms with van der Waals surface area (Å²) in [6, 6.07) is 8.07. The lowest BCUT2D eigenvalue weighted by Gasteiger charge is -2.02. The van der Waals surface area contributed by atoms with Gasteiger partial charge in [0.2, 0.25) is 0 Å². The standard InChI is InChI=1S/C12H17NO/c1-11-5-7-12(8-6-11)14-10-4-3-9-13-2/h3-8,13H,9-10H2,1-2H3/b4-3+. The van der Waals surface area contributed by atoms with E-state index in [0.29, 0.717) is 6.61 Å². The Morgan fingerprint density at radius 1 is 1.21 bits per heavy atom. The van der Waals surface area contributed by atoms with Crippen LogP contribution in [0, 0.1) is 6.92 Å². The summed E-state index contributed by atoms with van der Waals surface area (Å²) in [5.74, 6) is 0.921. The minimum atomic E-state index is 0.630. The minimum Gasteiger partial charge on any atom is -0.490 e. The highest BCUT2D eigenvalue weighted by Crippen LogP contribution is 2.10. The van der Waals surface area contributed by atoms with Crippen molar-refractivity contribution in [2.24, 2.45) is 0 Å². The molecule has 76 valence electrons. The second-order valence-corrected chi connectivity index (χ2v) is 3.15. The molecule has 0 bridgehead atoms. The second kappa shape index (κ2) is 6.22. The van der Waals surface area contributed by atoms with Crippen molar-refractivity contribution in [3.63, 3.8) is 0 Å². The summed E-state index contributed by atoms with van der Waals surface area (Å²) < 4.78 is 5.49. The Balaban J connectivity index is 2.28. The van der Waals surface area contributed by atoms with Gasteiger partial charge in [-0.15, -0.1) is 0 Å². The van der Waals surface area contributed by atoms with Crippen LogP contribution in [0.4, 0.5) is 0 Å². The van der Waals surface area contributed by atoms with Crippen LogP contribution >= 0.6 is 0 Å². The first-order valence-corrected chi connectivity index (χ1v) is 4.82. The molecule has 0 aliphatic carbocycles. The average Bonchev–Trinajstić information content (AvgIpc) is 2.21. The van der Waals surface area contributed by atoms with E-state index in [2.05, 4.69) is 12.2 Å². The van der Waals surface area contributed by atoms with E-state index < -0.39 is 0 Å². The number of hydrogen-bond acceptors (Lipinski definition) is 2. The molecule has 0 unspecified atom stereocenters. The van der Waals surface area contributed by atoms with E-state index in [1.54, 1.807) is 0 Å². The van der Waals surface area contributed by atoms with Crippen LogP contribution in [0.15, 0.2) is 36.4 Å². The van der Waals surface area contributed by atoms with Gasteiger partial charge in [-0.25, -0.2) is 0 Å². The number of ether oxygens (including phenoxy) is 1. The highest BCUT2D eigenvalue weighted by Gasteiger charge is 1.89. The predicted molar refractivity (Wildman–Crippen MR) is 59.7 cm³/mol. The van der Waals surface area contributed by atoms with Crippen molar-refractivity contribution >= 4 is 0 Å². The third kappa shape index (κ3) is 4.10. The van der Waals surface area contributed by atoms with Crippen molar-refractivity contribution in [1.82, 2.24) is 5.32 Å². The van der Waals surface area contributed by atoms with Crippen LogP contribution in [-0.2, 0) is 0 Å². The normalized spacial score (nSPS) is 10.7. The van der Waals surface area contributed by atoms with Crippen molar-refractivity contribution in [2.75, 3.05) is 20.2 Å². The largest absolute Gasteiger partial charge is 0.490 e. The first kappa shape index (κ1) is 10.8. The summed E-state index contributed by atoms with van der Waals surface area (Å²) in [6.07, 6.45) is 4.06. The van der Waals surface area contributed by atoms with Gasteiger partial charge in [0.1, 0.15) is 12.4 Å². The van der Waals surface area contributed by atoms with Crippen molar-refractivity contribution < 1.29 is 4.74 Å². The van der Waals surface area contributed by atoms with Crippen LogP contribution in [0.25, 0.3) is 0 Å². The molecule has 0 atom stereocenters. The molecule has 0 aromatic heterocycles. The van der Waals surface area contributed by atoms with Crippen molar-refractivity contribution in [1.29, 1.82) is 0 Å². The van der Waals surface area contributed by atoms with Crippen LogP contribution in [0.1, 0.15) is 5.56 Å². The van der Waals surface area contributed by atoms with Gasteiger partial charge in [-0.05, 0) is 26.1 Å². The molecular formula is C12H17NO. The van der Waals surface area contributed by atoms with E-state index in [1.165, 1.54) is 5.56 Å². The van der Waals surface area contributed by atoms with E-state index in [9.17, 15) is 0 Å². The number of likely N-dealkylation sites (N-methyl/N-ethyl adjacent to an activating group) is 1. The molecule has 0 heterocycles. The highest BCUT2D eigenvalue weighted by atomic mass is 16.5. The molecule has 0 radical (unpaired) electrons. The van der Waals surface area contributed by atoms with Gasteiger partial charge in [-0.2, -0.15) is 0 Å². The smallest absolute Gasteiger partial charge is 0.119 e. The third-order valence-electron chi connectivity index (χ3n) is 1.86. The zero-order valence-electron chi connectivity index (χ0n) is 8.79. The molecule has 1 aromatic carbocycles. The molecular weight excluding hydrogens is 174 g/mol. The fourth-order valence-electron chi connectivity index (χ4n) is 1.05. The fraction of sp³-hybridized carbons (Fsp3) is 0.333. The second-order valence-electron chi connectivity index (χ2n) is 3.15. The summed E-state index contributed by atoms with van der Waals surface area (Å²) in [6.45, 7) is 3.58. The van der Waals surface area contributed by atoms with E-state index in [-0.39, 0.29) is 0 Å².